The van der Waals surface area contributed by atoms with Crippen molar-refractivity contribution in [2.24, 2.45) is 0 Å². The Hall–Kier alpha value is -2.22. The number of hydrogen-bond donors (Lipinski definition) is 0. The van der Waals surface area contributed by atoms with Crippen LogP contribution in [0.4, 0.5) is 0 Å². The molecule has 0 unspecified atom stereocenters. The Morgan fingerprint density at radius 2 is 1.08 bits per heavy atom. The van der Waals surface area contributed by atoms with E-state index in [0.717, 1.165) is 11.9 Å². The van der Waals surface area contributed by atoms with E-state index in [0.29, 0.717) is 0 Å². The van der Waals surface area contributed by atoms with E-state index in [-0.39, 0.29) is 0 Å². The first-order valence-electron chi connectivity index (χ1n) is 8.51. The summed E-state index contributed by atoms with van der Waals surface area (Å²) in [6.45, 7) is 0. The van der Waals surface area contributed by atoms with Gasteiger partial charge in [-0.25, -0.2) is 0 Å². The second kappa shape index (κ2) is 6.83. The normalized spacial score (nSPS) is 13.0. The average Bonchev–Trinajstić information content (AvgIpc) is 3.23. The minimum absolute atomic E-state index is 0.726. The number of halogens is 1. The van der Waals surface area contributed by atoms with Crippen LogP contribution in [0.3, 0.4) is 0 Å². The molecule has 0 N–H and O–H groups in total. The Morgan fingerprint density at radius 3 is 1.42 bits per heavy atom. The van der Waals surface area contributed by atoms with Crippen LogP contribution < -0.4 is 15.9 Å². The van der Waals surface area contributed by atoms with Gasteiger partial charge in [-0.2, -0.15) is 0 Å². The predicted molar refractivity (Wildman–Crippen MR) is 114 cm³/mol. The van der Waals surface area contributed by atoms with E-state index in [1.807, 2.05) is 6.07 Å². The number of rotatable bonds is 5. The quantitative estimate of drug-likeness (QED) is 0.421. The van der Waals surface area contributed by atoms with Gasteiger partial charge in [0.25, 0.3) is 0 Å². The van der Waals surface area contributed by atoms with Gasteiger partial charge in [0.15, 0.2) is 0 Å². The molecule has 0 saturated carbocycles. The van der Waals surface area contributed by atoms with Crippen molar-refractivity contribution < 1.29 is 4.52 Å². The molecule has 0 aliphatic rings. The summed E-state index contributed by atoms with van der Waals surface area (Å²) in [5.41, 5.74) is 0. The molecule has 0 radical (unpaired) electrons. The molecule has 0 aliphatic heterocycles. The van der Waals surface area contributed by atoms with Gasteiger partial charge in [-0.1, -0.05) is 0 Å². The van der Waals surface area contributed by atoms with E-state index in [4.69, 9.17) is 4.52 Å². The maximum atomic E-state index is 5.57. The van der Waals surface area contributed by atoms with Crippen LogP contribution in [0.2, 0.25) is 0 Å². The molecule has 4 aromatic rings. The maximum absolute atomic E-state index is 5.57. The second-order valence-electron chi connectivity index (χ2n) is 6.33. The third-order valence-electron chi connectivity index (χ3n) is 4.83. The second-order valence-corrected chi connectivity index (χ2v) is 15.3. The van der Waals surface area contributed by atoms with Crippen molar-refractivity contribution >= 4 is 36.7 Å². The topological polar surface area (TPSA) is 26.0 Å². The molecule has 0 amide bonds. The molecule has 0 fully saturated rings. The van der Waals surface area contributed by atoms with Gasteiger partial charge in [-0.05, 0) is 0 Å². The Morgan fingerprint density at radius 1 is 0.654 bits per heavy atom. The molecule has 0 bridgehead atoms. The number of benzene rings is 3. The first kappa shape index (κ1) is 17.2. The molecule has 0 atom stereocenters. The molecule has 2 nitrogen and oxygen atoms in total. The Balaban J connectivity index is 2.10. The molecule has 3 aromatic carbocycles. The van der Waals surface area contributed by atoms with Crippen LogP contribution in [-0.2, 0) is 6.16 Å². The zero-order valence-corrected chi connectivity index (χ0v) is 16.7. The average molecular weight is 424 g/mol. The molecular weight excluding hydrogens is 405 g/mol. The van der Waals surface area contributed by atoms with Crippen LogP contribution in [0.25, 0.3) is 0 Å². The zero-order chi connectivity index (χ0) is 17.9. The Kier molecular flexibility index (Phi) is 4.52. The van der Waals surface area contributed by atoms with Crippen molar-refractivity contribution in [3.8, 4) is 0 Å². The van der Waals surface area contributed by atoms with Gasteiger partial charge in [-0.3, -0.25) is 0 Å². The molecule has 0 aliphatic carbocycles. The van der Waals surface area contributed by atoms with Gasteiger partial charge in [0.05, 0.1) is 0 Å². The molecule has 130 valence electrons. The fourth-order valence-corrected chi connectivity index (χ4v) is 11.0. The zero-order valence-electron chi connectivity index (χ0n) is 14.2. The summed E-state index contributed by atoms with van der Waals surface area (Å²) in [5.74, 6) is 0.871. The summed E-state index contributed by atoms with van der Waals surface area (Å²) in [6, 6.07) is 34.0. The number of aromatic nitrogens is 1. The van der Waals surface area contributed by atoms with Crippen LogP contribution in [-0.4, -0.2) is 5.16 Å². The molecule has 0 spiro atoms. The molecular formula is C22H19BrNOP. The summed E-state index contributed by atoms with van der Waals surface area (Å²) in [7, 11) is 0. The predicted octanol–water partition coefficient (Wildman–Crippen LogP) is 5.01. The van der Waals surface area contributed by atoms with Gasteiger partial charge in [0.1, 0.15) is 0 Å². The van der Waals surface area contributed by atoms with Gasteiger partial charge in [0.2, 0.25) is 0 Å². The monoisotopic (exact) mass is 423 g/mol. The third kappa shape index (κ3) is 2.72. The molecule has 26 heavy (non-hydrogen) atoms. The van der Waals surface area contributed by atoms with Crippen LogP contribution in [0.1, 0.15) is 5.76 Å². The first-order valence-corrected chi connectivity index (χ1v) is 12.9. The number of nitrogens with zero attached hydrogens (tertiary/aromatic N) is 1. The number of hydrogen-bond acceptors (Lipinski definition) is 2. The van der Waals surface area contributed by atoms with Crippen LogP contribution in [0.15, 0.2) is 108 Å². The first-order chi connectivity index (χ1) is 12.7. The summed E-state index contributed by atoms with van der Waals surface area (Å²) in [5, 5.41) is 4.79. The summed E-state index contributed by atoms with van der Waals surface area (Å²) < 4.78 is 5.57. The van der Waals surface area contributed by atoms with Crippen LogP contribution in [0, 0.1) is 0 Å². The van der Waals surface area contributed by atoms with Gasteiger partial charge in [-0.15, -0.1) is 0 Å². The van der Waals surface area contributed by atoms with E-state index in [1.165, 1.54) is 15.9 Å². The SMILES string of the molecule is BrP(Cc1ccno1)(c1ccccc1)(c1ccccc1)c1ccccc1. The van der Waals surface area contributed by atoms with Gasteiger partial charge in [0, 0.05) is 0 Å². The van der Waals surface area contributed by atoms with Crippen LogP contribution in [0.5, 0.6) is 0 Å². The Labute approximate surface area is 161 Å². The van der Waals surface area contributed by atoms with E-state index in [9.17, 15) is 0 Å². The molecule has 4 heteroatoms. The van der Waals surface area contributed by atoms with Gasteiger partial charge < -0.3 is 0 Å². The van der Waals surface area contributed by atoms with Crippen molar-refractivity contribution in [1.29, 1.82) is 0 Å². The molecule has 0 saturated heterocycles. The molecule has 1 aromatic heterocycles. The standard InChI is InChI=1S/C22H19BrNOP/c23-26(18-19-16-17-24-25-19,20-10-4-1-5-11-20,21-12-6-2-7-13-21)22-14-8-3-9-15-22/h1-17H,18H2. The fraction of sp³-hybridized carbons (Fsp3) is 0.0455. The van der Waals surface area contributed by atoms with Crippen molar-refractivity contribution in [1.82, 2.24) is 5.16 Å². The Bertz CT molecular complexity index is 873. The van der Waals surface area contributed by atoms with E-state index in [1.54, 1.807) is 6.20 Å². The van der Waals surface area contributed by atoms with Crippen molar-refractivity contribution in [3.63, 3.8) is 0 Å². The molecule has 1 heterocycles. The van der Waals surface area contributed by atoms with E-state index in [2.05, 4.69) is 112 Å². The van der Waals surface area contributed by atoms with Crippen molar-refractivity contribution in [2.75, 3.05) is 0 Å². The van der Waals surface area contributed by atoms with Crippen LogP contribution >= 0.6 is 20.8 Å². The molecule has 4 rings (SSSR count). The summed E-state index contributed by atoms with van der Waals surface area (Å²) >= 11 is 4.38. The fourth-order valence-electron chi connectivity index (χ4n) is 3.55. The third-order valence-corrected chi connectivity index (χ3v) is 14.3. The van der Waals surface area contributed by atoms with Crippen molar-refractivity contribution in [2.45, 2.75) is 6.16 Å². The van der Waals surface area contributed by atoms with E-state index < -0.39 is 5.31 Å². The summed E-state index contributed by atoms with van der Waals surface area (Å²) in [4.78, 5) is 0. The minimum atomic E-state index is -2.96. The van der Waals surface area contributed by atoms with Crippen molar-refractivity contribution in [3.05, 3.63) is 109 Å². The summed E-state index contributed by atoms with van der Waals surface area (Å²) in [6.07, 6.45) is 2.44. The van der Waals surface area contributed by atoms with Gasteiger partial charge >= 0.3 is 162 Å². The van der Waals surface area contributed by atoms with E-state index >= 15 is 0 Å².